The number of ether oxygens (including phenoxy) is 1. The van der Waals surface area contributed by atoms with E-state index in [9.17, 15) is 15.0 Å². The second kappa shape index (κ2) is 7.13. The van der Waals surface area contributed by atoms with Crippen LogP contribution < -0.4 is 0 Å². The Morgan fingerprint density at radius 2 is 2.06 bits per heavy atom. The highest BCUT2D eigenvalue weighted by Gasteiger charge is 2.22. The third-order valence-electron chi connectivity index (χ3n) is 2.99. The third-order valence-corrected chi connectivity index (χ3v) is 2.99. The van der Waals surface area contributed by atoms with E-state index in [4.69, 9.17) is 4.74 Å². The summed E-state index contributed by atoms with van der Waals surface area (Å²) in [6, 6.07) is 7.70. The lowest BCUT2D eigenvalue weighted by atomic mass is 9.92. The number of aliphatic hydroxyl groups excluding tert-OH is 1. The van der Waals surface area contributed by atoms with Crippen molar-refractivity contribution >= 4 is 5.97 Å². The largest absolute Gasteiger partial charge is 0.481 e. The van der Waals surface area contributed by atoms with Gasteiger partial charge in [-0.05, 0) is 30.9 Å². The van der Waals surface area contributed by atoms with Crippen molar-refractivity contribution < 1.29 is 19.7 Å². The topological polar surface area (TPSA) is 66.8 Å². The summed E-state index contributed by atoms with van der Waals surface area (Å²) in [5.74, 6) is -1.47. The van der Waals surface area contributed by atoms with Gasteiger partial charge in [-0.25, -0.2) is 0 Å². The summed E-state index contributed by atoms with van der Waals surface area (Å²) in [5, 5.41) is 18.8. The first kappa shape index (κ1) is 14.7. The molecule has 0 heterocycles. The Labute approximate surface area is 107 Å². The van der Waals surface area contributed by atoms with E-state index in [0.29, 0.717) is 6.42 Å². The molecule has 0 amide bonds. The van der Waals surface area contributed by atoms with Crippen molar-refractivity contribution in [1.29, 1.82) is 0 Å². The molecule has 0 radical (unpaired) electrons. The molecule has 0 bridgehead atoms. The average molecular weight is 252 g/mol. The number of methoxy groups -OCH3 is 1. The van der Waals surface area contributed by atoms with Crippen LogP contribution in [0.4, 0.5) is 0 Å². The molecule has 0 fully saturated rings. The number of hydrogen-bond acceptors (Lipinski definition) is 3. The highest BCUT2D eigenvalue weighted by molar-refractivity contribution is 5.70. The highest BCUT2D eigenvalue weighted by Crippen LogP contribution is 2.17. The van der Waals surface area contributed by atoms with Gasteiger partial charge in [0.25, 0.3) is 0 Å². The molecule has 1 rings (SSSR count). The molecule has 0 aliphatic rings. The van der Waals surface area contributed by atoms with Gasteiger partial charge in [-0.3, -0.25) is 4.79 Å². The van der Waals surface area contributed by atoms with E-state index < -0.39 is 18.0 Å². The van der Waals surface area contributed by atoms with Gasteiger partial charge in [0, 0.05) is 7.11 Å². The fourth-order valence-corrected chi connectivity index (χ4v) is 1.96. The highest BCUT2D eigenvalue weighted by atomic mass is 16.5. The van der Waals surface area contributed by atoms with Crippen LogP contribution in [0.15, 0.2) is 24.3 Å². The minimum atomic E-state index is -0.881. The van der Waals surface area contributed by atoms with E-state index in [1.807, 2.05) is 31.2 Å². The Morgan fingerprint density at radius 1 is 1.39 bits per heavy atom. The number of hydrogen-bond donors (Lipinski definition) is 2. The molecule has 0 aliphatic heterocycles. The van der Waals surface area contributed by atoms with Crippen LogP contribution in [0.1, 0.15) is 17.5 Å². The van der Waals surface area contributed by atoms with Crippen molar-refractivity contribution in [3.63, 3.8) is 0 Å². The molecule has 0 aromatic heterocycles. The van der Waals surface area contributed by atoms with Crippen LogP contribution >= 0.6 is 0 Å². The van der Waals surface area contributed by atoms with Crippen molar-refractivity contribution in [3.05, 3.63) is 35.4 Å². The lowest BCUT2D eigenvalue weighted by molar-refractivity contribution is -0.143. The van der Waals surface area contributed by atoms with Crippen molar-refractivity contribution in [2.24, 2.45) is 5.92 Å². The van der Waals surface area contributed by atoms with Gasteiger partial charge in [0.2, 0.25) is 0 Å². The first-order valence-corrected chi connectivity index (χ1v) is 5.99. The van der Waals surface area contributed by atoms with Crippen LogP contribution in [-0.2, 0) is 16.0 Å². The predicted octanol–water partition coefficient (Wildman–Crippen LogP) is 1.64. The Hall–Kier alpha value is -1.39. The third kappa shape index (κ3) is 4.47. The molecule has 0 spiro atoms. The van der Waals surface area contributed by atoms with Gasteiger partial charge in [-0.1, -0.05) is 24.3 Å². The zero-order chi connectivity index (χ0) is 13.5. The molecule has 18 heavy (non-hydrogen) atoms. The molecule has 0 saturated carbocycles. The van der Waals surface area contributed by atoms with E-state index >= 15 is 0 Å². The lowest BCUT2D eigenvalue weighted by Gasteiger charge is -2.17. The zero-order valence-electron chi connectivity index (χ0n) is 10.8. The number of carboxylic acid groups (broad SMARTS) is 1. The van der Waals surface area contributed by atoms with Gasteiger partial charge >= 0.3 is 5.97 Å². The summed E-state index contributed by atoms with van der Waals surface area (Å²) in [5.41, 5.74) is 2.08. The number of aliphatic carboxylic acids is 1. The van der Waals surface area contributed by atoms with Crippen LogP contribution in [0, 0.1) is 12.8 Å². The number of carboxylic acids is 1. The number of rotatable bonds is 7. The predicted molar refractivity (Wildman–Crippen MR) is 68.5 cm³/mol. The first-order chi connectivity index (χ1) is 8.54. The maximum Gasteiger partial charge on any atom is 0.306 e. The van der Waals surface area contributed by atoms with E-state index in [-0.39, 0.29) is 13.0 Å². The Kier molecular flexibility index (Phi) is 5.82. The first-order valence-electron chi connectivity index (χ1n) is 5.99. The normalized spacial score (nSPS) is 14.2. The van der Waals surface area contributed by atoms with Crippen molar-refractivity contribution in [1.82, 2.24) is 0 Å². The number of aliphatic hydroxyl groups is 1. The molecule has 0 aliphatic carbocycles. The summed E-state index contributed by atoms with van der Waals surface area (Å²) in [6.07, 6.45) is -0.0968. The molecule has 4 nitrogen and oxygen atoms in total. The molecular formula is C14H20O4. The van der Waals surface area contributed by atoms with Gasteiger partial charge in [0.15, 0.2) is 0 Å². The summed E-state index contributed by atoms with van der Waals surface area (Å²) in [6.45, 7) is 2.12. The van der Waals surface area contributed by atoms with Gasteiger partial charge in [-0.2, -0.15) is 0 Å². The zero-order valence-corrected chi connectivity index (χ0v) is 10.8. The maximum atomic E-state index is 11.2. The molecule has 100 valence electrons. The molecule has 2 unspecified atom stereocenters. The number of aryl methyl sites for hydroxylation is 1. The van der Waals surface area contributed by atoms with Crippen LogP contribution in [0.3, 0.4) is 0 Å². The second-order valence-electron chi connectivity index (χ2n) is 4.51. The molecule has 1 aromatic carbocycles. The summed E-state index contributed by atoms with van der Waals surface area (Å²) >= 11 is 0. The average Bonchev–Trinajstić information content (AvgIpc) is 2.31. The van der Waals surface area contributed by atoms with Gasteiger partial charge in [-0.15, -0.1) is 0 Å². The molecule has 0 saturated heterocycles. The molecule has 1 aromatic rings. The van der Waals surface area contributed by atoms with Crippen LogP contribution in [-0.4, -0.2) is 36.0 Å². The Morgan fingerprint density at radius 3 is 2.61 bits per heavy atom. The Balaban J connectivity index is 2.69. The maximum absolute atomic E-state index is 11.2. The fraction of sp³-hybridized carbons (Fsp3) is 0.500. The Bertz CT molecular complexity index is 389. The summed E-state index contributed by atoms with van der Waals surface area (Å²) < 4.78 is 4.82. The smallest absolute Gasteiger partial charge is 0.306 e. The second-order valence-corrected chi connectivity index (χ2v) is 4.51. The van der Waals surface area contributed by atoms with Crippen LogP contribution in [0.25, 0.3) is 0 Å². The van der Waals surface area contributed by atoms with Gasteiger partial charge in [0.05, 0.1) is 18.6 Å². The molecule has 4 heteroatoms. The van der Waals surface area contributed by atoms with E-state index in [0.717, 1.165) is 11.1 Å². The summed E-state index contributed by atoms with van der Waals surface area (Å²) in [4.78, 5) is 11.2. The van der Waals surface area contributed by atoms with Gasteiger partial charge in [0.1, 0.15) is 0 Å². The van der Waals surface area contributed by atoms with E-state index in [1.165, 1.54) is 7.11 Å². The van der Waals surface area contributed by atoms with Crippen LogP contribution in [0.5, 0.6) is 0 Å². The van der Waals surface area contributed by atoms with Crippen molar-refractivity contribution in [2.45, 2.75) is 25.9 Å². The standard InChI is InChI=1S/C14H20O4/c1-10-5-3-4-6-11(10)7-12(14(16)17)8-13(15)9-18-2/h3-6,12-13,15H,7-9H2,1-2H3,(H,16,17). The monoisotopic (exact) mass is 252 g/mol. The van der Waals surface area contributed by atoms with Crippen molar-refractivity contribution in [2.75, 3.05) is 13.7 Å². The fourth-order valence-electron chi connectivity index (χ4n) is 1.96. The lowest BCUT2D eigenvalue weighted by Crippen LogP contribution is -2.25. The quantitative estimate of drug-likeness (QED) is 0.774. The minimum Gasteiger partial charge on any atom is -0.481 e. The number of carbonyl (C=O) groups is 1. The molecular weight excluding hydrogens is 232 g/mol. The van der Waals surface area contributed by atoms with Crippen molar-refractivity contribution in [3.8, 4) is 0 Å². The summed E-state index contributed by atoms with van der Waals surface area (Å²) in [7, 11) is 1.49. The molecule has 2 N–H and O–H groups in total. The number of benzene rings is 1. The van der Waals surface area contributed by atoms with Gasteiger partial charge < -0.3 is 14.9 Å². The molecule has 2 atom stereocenters. The van der Waals surface area contributed by atoms with Crippen LogP contribution in [0.2, 0.25) is 0 Å². The van der Waals surface area contributed by atoms with E-state index in [1.54, 1.807) is 0 Å². The van der Waals surface area contributed by atoms with E-state index in [2.05, 4.69) is 0 Å². The SMILES string of the molecule is COCC(O)CC(Cc1ccccc1C)C(=O)O. The minimum absolute atomic E-state index is 0.164.